The highest BCUT2D eigenvalue weighted by atomic mass is 16.5. The van der Waals surface area contributed by atoms with E-state index < -0.39 is 10.8 Å². The molecule has 0 unspecified atom stereocenters. The van der Waals surface area contributed by atoms with E-state index in [2.05, 4.69) is 0 Å². The smallest absolute Gasteiger partial charge is 0.239 e. The number of rotatable bonds is 2. The van der Waals surface area contributed by atoms with Gasteiger partial charge in [0.1, 0.15) is 34.3 Å². The van der Waals surface area contributed by atoms with E-state index >= 15 is 0 Å². The van der Waals surface area contributed by atoms with Crippen LogP contribution in [0.5, 0.6) is 23.0 Å². The number of hydrogen-bond donors (Lipinski definition) is 2. The zero-order chi connectivity index (χ0) is 19.5. The fraction of sp³-hybridized carbons (Fsp3) is 0.286. The van der Waals surface area contributed by atoms with Crippen LogP contribution in [0.25, 0.3) is 22.3 Å². The monoisotopic (exact) mass is 368 g/mol. The normalized spacial score (nSPS) is 17.6. The lowest BCUT2D eigenvalue weighted by atomic mass is 9.81. The van der Waals surface area contributed by atoms with Crippen molar-refractivity contribution in [2.75, 3.05) is 7.11 Å². The van der Waals surface area contributed by atoms with Gasteiger partial charge in [-0.05, 0) is 31.2 Å². The molecule has 2 N–H and O–H groups in total. The van der Waals surface area contributed by atoms with Crippen molar-refractivity contribution in [3.63, 3.8) is 0 Å². The molecule has 0 radical (unpaired) electrons. The van der Waals surface area contributed by atoms with Crippen LogP contribution in [0, 0.1) is 0 Å². The van der Waals surface area contributed by atoms with E-state index in [4.69, 9.17) is 13.9 Å². The van der Waals surface area contributed by atoms with Crippen LogP contribution in [0.15, 0.2) is 39.5 Å². The Morgan fingerprint density at radius 2 is 1.81 bits per heavy atom. The van der Waals surface area contributed by atoms with E-state index in [1.807, 2.05) is 20.8 Å². The van der Waals surface area contributed by atoms with Gasteiger partial charge in [-0.3, -0.25) is 4.79 Å². The van der Waals surface area contributed by atoms with Gasteiger partial charge in [0.2, 0.25) is 11.2 Å². The highest BCUT2D eigenvalue weighted by Gasteiger charge is 2.42. The summed E-state index contributed by atoms with van der Waals surface area (Å²) in [5, 5.41) is 20.1. The molecule has 0 saturated carbocycles. The minimum absolute atomic E-state index is 0.00629. The Hall–Kier alpha value is -3.15. The summed E-state index contributed by atoms with van der Waals surface area (Å²) in [6.45, 7) is 5.94. The Bertz CT molecular complexity index is 1110. The topological polar surface area (TPSA) is 89.1 Å². The summed E-state index contributed by atoms with van der Waals surface area (Å²) in [5.41, 5.74) is 0.719. The molecule has 0 aliphatic carbocycles. The second kappa shape index (κ2) is 5.67. The summed E-state index contributed by atoms with van der Waals surface area (Å²) in [6, 6.07) is 7.73. The number of phenols is 2. The van der Waals surface area contributed by atoms with Crippen molar-refractivity contribution in [2.45, 2.75) is 32.3 Å². The zero-order valence-corrected chi connectivity index (χ0v) is 15.5. The first-order valence-electron chi connectivity index (χ1n) is 8.63. The zero-order valence-electron chi connectivity index (χ0n) is 15.5. The van der Waals surface area contributed by atoms with Crippen molar-refractivity contribution >= 4 is 11.0 Å². The molecule has 1 atom stereocenters. The third kappa shape index (κ3) is 2.36. The van der Waals surface area contributed by atoms with Crippen LogP contribution in [0.3, 0.4) is 0 Å². The Morgan fingerprint density at radius 1 is 1.15 bits per heavy atom. The second-order valence-electron chi connectivity index (χ2n) is 7.30. The number of phenolic OH excluding ortho intramolecular Hbond substituents is 2. The molecule has 140 valence electrons. The molecule has 2 aromatic carbocycles. The Labute approximate surface area is 155 Å². The molecule has 0 spiro atoms. The fourth-order valence-electron chi connectivity index (χ4n) is 3.54. The number of aromatic hydroxyl groups is 2. The Morgan fingerprint density at radius 3 is 2.44 bits per heavy atom. The summed E-state index contributed by atoms with van der Waals surface area (Å²) < 4.78 is 17.3. The lowest BCUT2D eigenvalue weighted by molar-refractivity contribution is 0.185. The quantitative estimate of drug-likeness (QED) is 0.712. The number of benzene rings is 2. The van der Waals surface area contributed by atoms with Gasteiger partial charge < -0.3 is 24.1 Å². The molecule has 1 aliphatic heterocycles. The third-order valence-corrected chi connectivity index (χ3v) is 5.37. The average Bonchev–Trinajstić information content (AvgIpc) is 2.83. The average molecular weight is 368 g/mol. The van der Waals surface area contributed by atoms with E-state index in [1.54, 1.807) is 12.1 Å². The third-order valence-electron chi connectivity index (χ3n) is 5.37. The highest BCUT2D eigenvalue weighted by molar-refractivity contribution is 5.92. The highest BCUT2D eigenvalue weighted by Crippen LogP contribution is 2.49. The van der Waals surface area contributed by atoms with Crippen molar-refractivity contribution in [1.82, 2.24) is 0 Å². The van der Waals surface area contributed by atoms with Crippen LogP contribution < -0.4 is 14.9 Å². The van der Waals surface area contributed by atoms with E-state index in [0.717, 1.165) is 5.56 Å². The second-order valence-corrected chi connectivity index (χ2v) is 7.30. The van der Waals surface area contributed by atoms with E-state index in [1.165, 1.54) is 25.3 Å². The fourth-order valence-corrected chi connectivity index (χ4v) is 3.54. The number of hydrogen-bond acceptors (Lipinski definition) is 6. The molecule has 4 rings (SSSR count). The van der Waals surface area contributed by atoms with E-state index in [0.29, 0.717) is 11.3 Å². The van der Waals surface area contributed by atoms with Crippen molar-refractivity contribution < 1.29 is 24.1 Å². The molecule has 0 amide bonds. The summed E-state index contributed by atoms with van der Waals surface area (Å²) in [6.07, 6.45) is -0.151. The first kappa shape index (κ1) is 17.3. The number of ether oxygens (including phenoxy) is 2. The molecule has 6 heteroatoms. The molecule has 0 saturated heterocycles. The van der Waals surface area contributed by atoms with Crippen LogP contribution in [0.4, 0.5) is 0 Å². The Kier molecular flexibility index (Phi) is 3.63. The van der Waals surface area contributed by atoms with E-state index in [-0.39, 0.29) is 40.1 Å². The summed E-state index contributed by atoms with van der Waals surface area (Å²) in [5.74, 6) is 0.620. The first-order valence-corrected chi connectivity index (χ1v) is 8.63. The number of methoxy groups -OCH3 is 1. The summed E-state index contributed by atoms with van der Waals surface area (Å²) >= 11 is 0. The maximum Gasteiger partial charge on any atom is 0.239 e. The van der Waals surface area contributed by atoms with Gasteiger partial charge in [0.05, 0.1) is 7.11 Å². The molecule has 0 bridgehead atoms. The van der Waals surface area contributed by atoms with Crippen molar-refractivity contribution in [3.8, 4) is 34.3 Å². The van der Waals surface area contributed by atoms with Gasteiger partial charge in [0, 0.05) is 22.6 Å². The maximum atomic E-state index is 13.1. The lowest BCUT2D eigenvalue weighted by Gasteiger charge is -2.23. The SMILES string of the molecule is COc1c(-c2ccc(O)cc2)oc2c3c(cc(O)c2c1=O)O[C@@H](C)C3(C)C. The van der Waals surface area contributed by atoms with Gasteiger partial charge in [0.25, 0.3) is 0 Å². The molecule has 27 heavy (non-hydrogen) atoms. The van der Waals surface area contributed by atoms with Crippen molar-refractivity contribution in [3.05, 3.63) is 46.1 Å². The molecular weight excluding hydrogens is 348 g/mol. The minimum atomic E-state index is -0.461. The predicted molar refractivity (Wildman–Crippen MR) is 101 cm³/mol. The van der Waals surface area contributed by atoms with Crippen LogP contribution in [-0.4, -0.2) is 23.4 Å². The van der Waals surface area contributed by atoms with E-state index in [9.17, 15) is 15.0 Å². The minimum Gasteiger partial charge on any atom is -0.508 e. The molecular formula is C21H20O6. The van der Waals surface area contributed by atoms with Gasteiger partial charge in [-0.25, -0.2) is 0 Å². The molecule has 6 nitrogen and oxygen atoms in total. The maximum absolute atomic E-state index is 13.1. The van der Waals surface area contributed by atoms with Gasteiger partial charge >= 0.3 is 0 Å². The number of fused-ring (bicyclic) bond motifs is 3. The largest absolute Gasteiger partial charge is 0.508 e. The van der Waals surface area contributed by atoms with Crippen LogP contribution >= 0.6 is 0 Å². The van der Waals surface area contributed by atoms with Gasteiger partial charge in [-0.2, -0.15) is 0 Å². The molecule has 1 aliphatic rings. The molecule has 0 fully saturated rings. The Balaban J connectivity index is 2.15. The predicted octanol–water partition coefficient (Wildman–Crippen LogP) is 3.94. The first-order chi connectivity index (χ1) is 12.8. The molecule has 2 heterocycles. The van der Waals surface area contributed by atoms with Gasteiger partial charge in [-0.1, -0.05) is 13.8 Å². The van der Waals surface area contributed by atoms with Crippen LogP contribution in [0.2, 0.25) is 0 Å². The van der Waals surface area contributed by atoms with Crippen molar-refractivity contribution in [1.29, 1.82) is 0 Å². The summed E-state index contributed by atoms with van der Waals surface area (Å²) in [4.78, 5) is 13.1. The van der Waals surface area contributed by atoms with Crippen LogP contribution in [-0.2, 0) is 5.41 Å². The van der Waals surface area contributed by atoms with Crippen molar-refractivity contribution in [2.24, 2.45) is 0 Å². The lowest BCUT2D eigenvalue weighted by Crippen LogP contribution is -2.29. The molecule has 1 aromatic heterocycles. The molecule has 3 aromatic rings. The summed E-state index contributed by atoms with van der Waals surface area (Å²) in [7, 11) is 1.38. The van der Waals surface area contributed by atoms with Crippen LogP contribution in [0.1, 0.15) is 26.3 Å². The van der Waals surface area contributed by atoms with Gasteiger partial charge in [0.15, 0.2) is 5.76 Å². The standard InChI is InChI=1S/C21H20O6/c1-10-21(2,3)16-14(26-10)9-13(23)15-17(24)20(25-4)18(27-19(15)16)11-5-7-12(22)8-6-11/h5-10,22-23H,1-4H3/t10-/m0/s1. The van der Waals surface area contributed by atoms with Gasteiger partial charge in [-0.15, -0.1) is 0 Å².